The van der Waals surface area contributed by atoms with Crippen molar-refractivity contribution >= 4 is 34.3 Å². The van der Waals surface area contributed by atoms with Gasteiger partial charge in [-0.15, -0.1) is 10.2 Å². The smallest absolute Gasteiger partial charge is 0.262 e. The van der Waals surface area contributed by atoms with Crippen LogP contribution in [0.15, 0.2) is 34.2 Å². The summed E-state index contributed by atoms with van der Waals surface area (Å²) in [4.78, 5) is 27.8. The number of aryl methyl sites for hydroxylation is 1. The van der Waals surface area contributed by atoms with Crippen molar-refractivity contribution in [3.63, 3.8) is 0 Å². The molecule has 1 aliphatic rings. The lowest BCUT2D eigenvalue weighted by atomic mass is 10.0. The number of nitrogens with zero attached hydrogens (tertiary/aromatic N) is 5. The van der Waals surface area contributed by atoms with E-state index in [9.17, 15) is 9.59 Å². The van der Waals surface area contributed by atoms with Gasteiger partial charge < -0.3 is 4.90 Å². The summed E-state index contributed by atoms with van der Waals surface area (Å²) in [5, 5.41) is 10.0. The molecule has 7 nitrogen and oxygen atoms in total. The van der Waals surface area contributed by atoms with Crippen molar-refractivity contribution in [2.24, 2.45) is 5.92 Å². The van der Waals surface area contributed by atoms with E-state index in [0.29, 0.717) is 34.5 Å². The Morgan fingerprint density at radius 2 is 2.07 bits per heavy atom. The maximum Gasteiger partial charge on any atom is 0.262 e. The zero-order valence-electron chi connectivity index (χ0n) is 17.7. The van der Waals surface area contributed by atoms with Crippen LogP contribution in [0.2, 0.25) is 0 Å². The summed E-state index contributed by atoms with van der Waals surface area (Å²) in [5.41, 5.74) is 0.757. The fraction of sp³-hybridized carbons (Fsp3) is 0.545. The minimum absolute atomic E-state index is 0.0310. The maximum atomic E-state index is 13.1. The van der Waals surface area contributed by atoms with Crippen molar-refractivity contribution < 1.29 is 4.79 Å². The van der Waals surface area contributed by atoms with Gasteiger partial charge in [0, 0.05) is 19.6 Å². The number of benzene rings is 1. The number of unbranched alkanes of at least 4 members (excludes halogenated alkanes) is 2. The number of carbonyl (C=O) groups is 1. The Labute approximate surface area is 180 Å². The summed E-state index contributed by atoms with van der Waals surface area (Å²) in [6.07, 6.45) is 5.33. The van der Waals surface area contributed by atoms with Crippen LogP contribution in [-0.4, -0.2) is 48.8 Å². The Morgan fingerprint density at radius 3 is 2.87 bits per heavy atom. The van der Waals surface area contributed by atoms with Crippen LogP contribution in [0, 0.1) is 5.92 Å². The molecule has 0 radical (unpaired) electrons. The Bertz CT molecular complexity index is 1110. The number of carbonyl (C=O) groups excluding carboxylic acids is 1. The van der Waals surface area contributed by atoms with Gasteiger partial charge in [-0.3, -0.25) is 18.6 Å². The van der Waals surface area contributed by atoms with Gasteiger partial charge in [-0.1, -0.05) is 50.6 Å². The van der Waals surface area contributed by atoms with E-state index in [0.717, 1.165) is 44.3 Å². The number of fused-ring (bicyclic) bond motifs is 3. The molecule has 160 valence electrons. The van der Waals surface area contributed by atoms with Crippen LogP contribution < -0.4 is 5.56 Å². The van der Waals surface area contributed by atoms with Crippen molar-refractivity contribution in [1.29, 1.82) is 0 Å². The summed E-state index contributed by atoms with van der Waals surface area (Å²) >= 11 is 1.40. The SMILES string of the molecule is CCCCCn1c(=O)c2ccccc2n2c(SCC(=O)N3CCCC(C)C3)nnc12. The highest BCUT2D eigenvalue weighted by molar-refractivity contribution is 7.99. The molecule has 1 amide bonds. The summed E-state index contributed by atoms with van der Waals surface area (Å²) in [6.45, 7) is 6.63. The van der Waals surface area contributed by atoms with Gasteiger partial charge in [-0.2, -0.15) is 0 Å². The van der Waals surface area contributed by atoms with Crippen LogP contribution in [-0.2, 0) is 11.3 Å². The highest BCUT2D eigenvalue weighted by atomic mass is 32.2. The minimum atomic E-state index is -0.0310. The zero-order valence-corrected chi connectivity index (χ0v) is 18.5. The number of aromatic nitrogens is 4. The molecule has 1 fully saturated rings. The predicted octanol–water partition coefficient (Wildman–Crippen LogP) is 3.59. The molecule has 1 saturated heterocycles. The number of para-hydroxylation sites is 1. The Hall–Kier alpha value is -2.35. The summed E-state index contributed by atoms with van der Waals surface area (Å²) < 4.78 is 3.66. The first-order valence-electron chi connectivity index (χ1n) is 10.9. The van der Waals surface area contributed by atoms with Gasteiger partial charge >= 0.3 is 0 Å². The largest absolute Gasteiger partial charge is 0.342 e. The van der Waals surface area contributed by atoms with Crippen LogP contribution in [0.5, 0.6) is 0 Å². The number of amides is 1. The summed E-state index contributed by atoms with van der Waals surface area (Å²) in [5.74, 6) is 1.58. The van der Waals surface area contributed by atoms with Gasteiger partial charge in [0.05, 0.1) is 16.7 Å². The lowest BCUT2D eigenvalue weighted by molar-refractivity contribution is -0.130. The third-order valence-corrected chi connectivity index (χ3v) is 6.71. The fourth-order valence-electron chi connectivity index (χ4n) is 4.18. The van der Waals surface area contributed by atoms with Gasteiger partial charge in [0.25, 0.3) is 5.56 Å². The first-order chi connectivity index (χ1) is 14.6. The second-order valence-corrected chi connectivity index (χ2v) is 9.12. The molecule has 3 heterocycles. The van der Waals surface area contributed by atoms with E-state index in [4.69, 9.17) is 0 Å². The van der Waals surface area contributed by atoms with Gasteiger partial charge in [0.2, 0.25) is 11.7 Å². The minimum Gasteiger partial charge on any atom is -0.342 e. The molecule has 0 N–H and O–H groups in total. The Morgan fingerprint density at radius 1 is 1.23 bits per heavy atom. The fourth-order valence-corrected chi connectivity index (χ4v) is 5.02. The predicted molar refractivity (Wildman–Crippen MR) is 120 cm³/mol. The van der Waals surface area contributed by atoms with Crippen molar-refractivity contribution in [3.8, 4) is 0 Å². The van der Waals surface area contributed by atoms with E-state index < -0.39 is 0 Å². The van der Waals surface area contributed by atoms with E-state index in [1.807, 2.05) is 33.6 Å². The molecular formula is C22H29N5O2S. The van der Waals surface area contributed by atoms with Crippen LogP contribution in [0.25, 0.3) is 16.7 Å². The standard InChI is InChI=1S/C22H29N5O2S/c1-3-4-7-13-26-20(29)17-10-5-6-11-18(17)27-21(26)23-24-22(27)30-15-19(28)25-12-8-9-16(2)14-25/h5-6,10-11,16H,3-4,7-9,12-15H2,1-2H3. The topological polar surface area (TPSA) is 72.5 Å². The number of rotatable bonds is 7. The third-order valence-electron chi connectivity index (χ3n) is 5.80. The number of thioether (sulfide) groups is 1. The molecule has 8 heteroatoms. The molecule has 1 atom stereocenters. The second kappa shape index (κ2) is 9.20. The van der Waals surface area contributed by atoms with Gasteiger partial charge in [-0.25, -0.2) is 0 Å². The number of hydrogen-bond acceptors (Lipinski definition) is 5. The van der Waals surface area contributed by atoms with Crippen LogP contribution in [0.1, 0.15) is 46.0 Å². The van der Waals surface area contributed by atoms with Crippen molar-refractivity contribution in [1.82, 2.24) is 24.1 Å². The van der Waals surface area contributed by atoms with Crippen LogP contribution in [0.3, 0.4) is 0 Å². The van der Waals surface area contributed by atoms with Gasteiger partial charge in [0.1, 0.15) is 0 Å². The number of hydrogen-bond donors (Lipinski definition) is 0. The van der Waals surface area contributed by atoms with E-state index in [-0.39, 0.29) is 11.5 Å². The van der Waals surface area contributed by atoms with Crippen molar-refractivity contribution in [2.45, 2.75) is 57.7 Å². The van der Waals surface area contributed by atoms with E-state index in [2.05, 4.69) is 24.0 Å². The molecule has 0 spiro atoms. The lowest BCUT2D eigenvalue weighted by Gasteiger charge is -2.30. The molecule has 3 aromatic rings. The Kier molecular flexibility index (Phi) is 6.41. The van der Waals surface area contributed by atoms with E-state index >= 15 is 0 Å². The quantitative estimate of drug-likeness (QED) is 0.426. The first-order valence-corrected chi connectivity index (χ1v) is 11.9. The number of likely N-dealkylation sites (tertiary alicyclic amines) is 1. The average Bonchev–Trinajstić information content (AvgIpc) is 3.18. The Balaban J connectivity index is 1.66. The first kappa shape index (κ1) is 20.9. The van der Waals surface area contributed by atoms with Crippen molar-refractivity contribution in [3.05, 3.63) is 34.6 Å². The summed E-state index contributed by atoms with van der Waals surface area (Å²) in [6, 6.07) is 7.56. The normalized spacial score (nSPS) is 17.1. The number of piperidine rings is 1. The third kappa shape index (κ3) is 4.10. The van der Waals surface area contributed by atoms with E-state index in [1.165, 1.54) is 18.2 Å². The average molecular weight is 428 g/mol. The lowest BCUT2D eigenvalue weighted by Crippen LogP contribution is -2.40. The molecule has 0 bridgehead atoms. The van der Waals surface area contributed by atoms with Gasteiger partial charge in [-0.05, 0) is 37.3 Å². The molecule has 4 rings (SSSR count). The van der Waals surface area contributed by atoms with E-state index in [1.54, 1.807) is 4.57 Å². The second-order valence-electron chi connectivity index (χ2n) is 8.17. The maximum absolute atomic E-state index is 13.1. The molecule has 0 aliphatic carbocycles. The molecule has 2 aromatic heterocycles. The van der Waals surface area contributed by atoms with Crippen molar-refractivity contribution in [2.75, 3.05) is 18.8 Å². The molecule has 30 heavy (non-hydrogen) atoms. The molecule has 1 aliphatic heterocycles. The molecule has 1 aromatic carbocycles. The highest BCUT2D eigenvalue weighted by Crippen LogP contribution is 2.23. The molecular weight excluding hydrogens is 398 g/mol. The van der Waals surface area contributed by atoms with Gasteiger partial charge in [0.15, 0.2) is 5.16 Å². The summed E-state index contributed by atoms with van der Waals surface area (Å²) in [7, 11) is 0. The van der Waals surface area contributed by atoms with Crippen LogP contribution in [0.4, 0.5) is 0 Å². The van der Waals surface area contributed by atoms with Crippen LogP contribution >= 0.6 is 11.8 Å². The zero-order chi connectivity index (χ0) is 21.1. The monoisotopic (exact) mass is 427 g/mol. The highest BCUT2D eigenvalue weighted by Gasteiger charge is 2.22. The molecule has 1 unspecified atom stereocenters. The molecule has 0 saturated carbocycles.